The summed E-state index contributed by atoms with van der Waals surface area (Å²) < 4.78 is 0. The minimum absolute atomic E-state index is 1.00. The lowest BCUT2D eigenvalue weighted by molar-refractivity contribution is 0.799. The first-order valence-electron chi connectivity index (χ1n) is 7.11. The summed E-state index contributed by atoms with van der Waals surface area (Å²) >= 11 is 3.85. The molecule has 0 aliphatic rings. The van der Waals surface area contributed by atoms with Crippen LogP contribution in [0.5, 0.6) is 0 Å². The lowest BCUT2D eigenvalue weighted by atomic mass is 10.1. The Balaban J connectivity index is 2.19. The Hall–Kier alpha value is -0.840. The van der Waals surface area contributed by atoms with Crippen LogP contribution in [0.25, 0.3) is 11.3 Å². The van der Waals surface area contributed by atoms with Crippen LogP contribution in [0.15, 0.2) is 30.3 Å². The van der Waals surface area contributed by atoms with Crippen molar-refractivity contribution in [2.24, 2.45) is 0 Å². The van der Waals surface area contributed by atoms with Crippen molar-refractivity contribution < 1.29 is 0 Å². The van der Waals surface area contributed by atoms with E-state index < -0.39 is 0 Å². The Labute approximate surface area is 130 Å². The first-order chi connectivity index (χ1) is 9.85. The molecule has 108 valence electrons. The number of benzene rings is 1. The quantitative estimate of drug-likeness (QED) is 0.739. The van der Waals surface area contributed by atoms with E-state index in [0.29, 0.717) is 0 Å². The molecular formula is C16H22N2S2. The van der Waals surface area contributed by atoms with E-state index in [-0.39, 0.29) is 0 Å². The van der Waals surface area contributed by atoms with Gasteiger partial charge in [-0.05, 0) is 32.2 Å². The summed E-state index contributed by atoms with van der Waals surface area (Å²) in [6.45, 7) is 3.23. The molecule has 0 amide bonds. The second-order valence-electron chi connectivity index (χ2n) is 4.65. The van der Waals surface area contributed by atoms with E-state index in [9.17, 15) is 0 Å². The van der Waals surface area contributed by atoms with E-state index in [0.717, 1.165) is 18.7 Å². The van der Waals surface area contributed by atoms with Gasteiger partial charge in [-0.2, -0.15) is 11.8 Å². The molecule has 0 saturated heterocycles. The largest absolute Gasteiger partial charge is 0.319 e. The van der Waals surface area contributed by atoms with E-state index in [1.165, 1.54) is 33.3 Å². The van der Waals surface area contributed by atoms with Crippen LogP contribution in [0.4, 0.5) is 0 Å². The van der Waals surface area contributed by atoms with Crippen molar-refractivity contribution in [3.63, 3.8) is 0 Å². The Bertz CT molecular complexity index is 508. The maximum Gasteiger partial charge on any atom is 0.103 e. The fraction of sp³-hybridized carbons (Fsp3) is 0.438. The van der Waals surface area contributed by atoms with Gasteiger partial charge in [-0.25, -0.2) is 4.98 Å². The fourth-order valence-electron chi connectivity index (χ4n) is 2.00. The van der Waals surface area contributed by atoms with Crippen molar-refractivity contribution in [2.75, 3.05) is 19.3 Å². The van der Waals surface area contributed by atoms with Crippen LogP contribution < -0.4 is 5.32 Å². The zero-order valence-electron chi connectivity index (χ0n) is 12.2. The van der Waals surface area contributed by atoms with Gasteiger partial charge in [0.15, 0.2) is 0 Å². The predicted octanol–water partition coefficient (Wildman–Crippen LogP) is 4.22. The van der Waals surface area contributed by atoms with Gasteiger partial charge in [0.1, 0.15) is 5.01 Å². The molecule has 0 aliphatic carbocycles. The SMILES string of the molecule is CCCSCc1nc(-c2ccccc2)c(CCNC)s1. The zero-order chi connectivity index (χ0) is 14.2. The van der Waals surface area contributed by atoms with E-state index in [1.807, 2.05) is 30.1 Å². The second kappa shape index (κ2) is 8.45. The summed E-state index contributed by atoms with van der Waals surface area (Å²) in [5.41, 5.74) is 2.42. The van der Waals surface area contributed by atoms with Crippen molar-refractivity contribution in [1.29, 1.82) is 0 Å². The average molecular weight is 306 g/mol. The normalized spacial score (nSPS) is 10.9. The molecule has 20 heavy (non-hydrogen) atoms. The van der Waals surface area contributed by atoms with E-state index >= 15 is 0 Å². The number of aromatic nitrogens is 1. The van der Waals surface area contributed by atoms with E-state index in [2.05, 4.69) is 42.6 Å². The second-order valence-corrected chi connectivity index (χ2v) is 6.92. The van der Waals surface area contributed by atoms with Gasteiger partial charge in [0.25, 0.3) is 0 Å². The average Bonchev–Trinajstić information content (AvgIpc) is 2.89. The van der Waals surface area contributed by atoms with Gasteiger partial charge in [-0.1, -0.05) is 37.3 Å². The molecule has 1 aromatic carbocycles. The topological polar surface area (TPSA) is 24.9 Å². The summed E-state index contributed by atoms with van der Waals surface area (Å²) in [5, 5.41) is 4.49. The Morgan fingerprint density at radius 3 is 2.75 bits per heavy atom. The van der Waals surface area contributed by atoms with E-state index in [4.69, 9.17) is 4.98 Å². The number of nitrogens with zero attached hydrogens (tertiary/aromatic N) is 1. The van der Waals surface area contributed by atoms with Gasteiger partial charge in [0.2, 0.25) is 0 Å². The highest BCUT2D eigenvalue weighted by molar-refractivity contribution is 7.98. The van der Waals surface area contributed by atoms with Gasteiger partial charge in [0, 0.05) is 16.2 Å². The summed E-state index contributed by atoms with van der Waals surface area (Å²) in [7, 11) is 2.00. The molecule has 2 rings (SSSR count). The number of thioether (sulfide) groups is 1. The van der Waals surface area contributed by atoms with Crippen LogP contribution in [0.3, 0.4) is 0 Å². The predicted molar refractivity (Wildman–Crippen MR) is 91.6 cm³/mol. The first-order valence-corrected chi connectivity index (χ1v) is 9.08. The molecule has 0 saturated carbocycles. The number of hydrogen-bond donors (Lipinski definition) is 1. The first kappa shape index (κ1) is 15.5. The van der Waals surface area contributed by atoms with Crippen LogP contribution in [-0.2, 0) is 12.2 Å². The Morgan fingerprint density at radius 2 is 2.05 bits per heavy atom. The van der Waals surface area contributed by atoms with Gasteiger partial charge in [-0.3, -0.25) is 0 Å². The molecule has 1 aromatic heterocycles. The van der Waals surface area contributed by atoms with E-state index in [1.54, 1.807) is 0 Å². The van der Waals surface area contributed by atoms with Crippen LogP contribution in [0, 0.1) is 0 Å². The summed E-state index contributed by atoms with van der Waals surface area (Å²) in [4.78, 5) is 6.28. The highest BCUT2D eigenvalue weighted by Gasteiger charge is 2.12. The number of likely N-dealkylation sites (N-methyl/N-ethyl adjacent to an activating group) is 1. The third-order valence-corrected chi connectivity index (χ3v) is 5.44. The standard InChI is InChI=1S/C16H22N2S2/c1-3-11-19-12-15-18-16(13-7-5-4-6-8-13)14(20-15)9-10-17-2/h4-8,17H,3,9-12H2,1-2H3. The zero-order valence-corrected chi connectivity index (χ0v) is 13.8. The number of hydrogen-bond acceptors (Lipinski definition) is 4. The van der Waals surface area contributed by atoms with Crippen LogP contribution in [-0.4, -0.2) is 24.3 Å². The van der Waals surface area contributed by atoms with Crippen LogP contribution >= 0.6 is 23.1 Å². The maximum absolute atomic E-state index is 4.88. The highest BCUT2D eigenvalue weighted by atomic mass is 32.2. The number of rotatable bonds is 8. The molecule has 0 atom stereocenters. The molecular weight excluding hydrogens is 284 g/mol. The molecule has 2 nitrogen and oxygen atoms in total. The van der Waals surface area contributed by atoms with Crippen LogP contribution in [0.2, 0.25) is 0 Å². The molecule has 2 aromatic rings. The summed E-state index contributed by atoms with van der Waals surface area (Å²) in [6, 6.07) is 10.5. The molecule has 0 spiro atoms. The third kappa shape index (κ3) is 4.33. The molecule has 4 heteroatoms. The monoisotopic (exact) mass is 306 g/mol. The van der Waals surface area contributed by atoms with Gasteiger partial charge < -0.3 is 5.32 Å². The fourth-order valence-corrected chi connectivity index (χ4v) is 4.04. The smallest absolute Gasteiger partial charge is 0.103 e. The molecule has 1 heterocycles. The highest BCUT2D eigenvalue weighted by Crippen LogP contribution is 2.30. The van der Waals surface area contributed by atoms with Crippen molar-refractivity contribution in [3.8, 4) is 11.3 Å². The minimum Gasteiger partial charge on any atom is -0.319 e. The number of nitrogens with one attached hydrogen (secondary N) is 1. The third-order valence-electron chi connectivity index (χ3n) is 2.96. The van der Waals surface area contributed by atoms with Gasteiger partial charge in [0.05, 0.1) is 5.69 Å². The minimum atomic E-state index is 1.00. The number of thiazole rings is 1. The van der Waals surface area contributed by atoms with Crippen molar-refractivity contribution in [1.82, 2.24) is 10.3 Å². The van der Waals surface area contributed by atoms with Crippen molar-refractivity contribution >= 4 is 23.1 Å². The van der Waals surface area contributed by atoms with Crippen molar-refractivity contribution in [3.05, 3.63) is 40.2 Å². The molecule has 0 bridgehead atoms. The lowest BCUT2D eigenvalue weighted by Gasteiger charge is -2.01. The molecule has 0 aliphatic heterocycles. The maximum atomic E-state index is 4.88. The molecule has 0 unspecified atom stereocenters. The van der Waals surface area contributed by atoms with Gasteiger partial charge >= 0.3 is 0 Å². The molecule has 0 radical (unpaired) electrons. The summed E-state index contributed by atoms with van der Waals surface area (Å²) in [5.74, 6) is 2.25. The lowest BCUT2D eigenvalue weighted by Crippen LogP contribution is -2.09. The summed E-state index contributed by atoms with van der Waals surface area (Å²) in [6.07, 6.45) is 2.28. The van der Waals surface area contributed by atoms with Crippen molar-refractivity contribution in [2.45, 2.75) is 25.5 Å². The molecule has 1 N–H and O–H groups in total. The van der Waals surface area contributed by atoms with Gasteiger partial charge in [-0.15, -0.1) is 11.3 Å². The Kier molecular flexibility index (Phi) is 6.57. The van der Waals surface area contributed by atoms with Crippen LogP contribution in [0.1, 0.15) is 23.2 Å². The Morgan fingerprint density at radius 1 is 1.25 bits per heavy atom. The molecule has 0 fully saturated rings.